The molecule has 0 saturated heterocycles. The minimum absolute atomic E-state index is 0. The second-order valence-electron chi connectivity index (χ2n) is 7.03. The summed E-state index contributed by atoms with van der Waals surface area (Å²) in [5.74, 6) is 1.39. The summed E-state index contributed by atoms with van der Waals surface area (Å²) in [5, 5.41) is 3.67. The van der Waals surface area contributed by atoms with E-state index in [1.165, 1.54) is 28.6 Å². The van der Waals surface area contributed by atoms with Crippen LogP contribution in [0.25, 0.3) is 10.2 Å². The highest BCUT2D eigenvalue weighted by Gasteiger charge is 2.20. The Morgan fingerprint density at radius 2 is 2.12 bits per heavy atom. The molecule has 2 aromatic rings. The van der Waals surface area contributed by atoms with E-state index >= 15 is 0 Å². The third-order valence-electron chi connectivity index (χ3n) is 4.33. The number of aromatic nitrogens is 2. The fourth-order valence-corrected chi connectivity index (χ4v) is 4.95. The number of carbonyl (C=O) groups is 1. The Hall–Kier alpha value is -1.09. The molecular weight excluding hydrogens is 392 g/mol. The van der Waals surface area contributed by atoms with Gasteiger partial charge in [-0.25, -0.2) is 4.98 Å². The number of nitrogens with two attached hydrogens (primary N) is 1. The van der Waals surface area contributed by atoms with Gasteiger partial charge in [0.25, 0.3) is 5.56 Å². The molecule has 0 aromatic carbocycles. The lowest BCUT2D eigenvalue weighted by molar-refractivity contribution is -0.120. The Labute approximate surface area is 167 Å². The molecule has 3 rings (SSSR count). The molecule has 2 heterocycles. The lowest BCUT2D eigenvalue weighted by atomic mass is 9.97. The first-order chi connectivity index (χ1) is 11.9. The molecule has 0 atom stereocenters. The third kappa shape index (κ3) is 4.79. The summed E-state index contributed by atoms with van der Waals surface area (Å²) >= 11 is 3.08. The molecule has 0 unspecified atom stereocenters. The van der Waals surface area contributed by atoms with Crippen molar-refractivity contribution in [3.8, 4) is 0 Å². The predicted octanol–water partition coefficient (Wildman–Crippen LogP) is 2.37. The molecule has 6 nitrogen and oxygen atoms in total. The first-order valence-corrected chi connectivity index (χ1v) is 10.5. The SMILES string of the molecule is CC(C)(CN)NC(=O)CSCc1nc2sc3c(c2c(=O)[nH]1)CCCC3.Cl. The van der Waals surface area contributed by atoms with Crippen LogP contribution < -0.4 is 16.6 Å². The lowest BCUT2D eigenvalue weighted by Gasteiger charge is -2.23. The molecule has 0 saturated carbocycles. The summed E-state index contributed by atoms with van der Waals surface area (Å²) < 4.78 is 0. The van der Waals surface area contributed by atoms with Crippen molar-refractivity contribution >= 4 is 51.6 Å². The van der Waals surface area contributed by atoms with Crippen LogP contribution in [-0.2, 0) is 23.4 Å². The summed E-state index contributed by atoms with van der Waals surface area (Å²) in [6, 6.07) is 0. The smallest absolute Gasteiger partial charge is 0.259 e. The van der Waals surface area contributed by atoms with E-state index in [0.29, 0.717) is 23.9 Å². The zero-order valence-corrected chi connectivity index (χ0v) is 17.5. The number of hydrogen-bond donors (Lipinski definition) is 3. The highest BCUT2D eigenvalue weighted by Crippen LogP contribution is 2.33. The first-order valence-electron chi connectivity index (χ1n) is 8.52. The van der Waals surface area contributed by atoms with Crippen molar-refractivity contribution in [3.05, 3.63) is 26.6 Å². The Balaban J connectivity index is 0.00000243. The number of carbonyl (C=O) groups excluding carboxylic acids is 1. The van der Waals surface area contributed by atoms with Crippen molar-refractivity contribution in [1.29, 1.82) is 0 Å². The van der Waals surface area contributed by atoms with Crippen LogP contribution in [0.4, 0.5) is 0 Å². The quantitative estimate of drug-likeness (QED) is 0.671. The summed E-state index contributed by atoms with van der Waals surface area (Å²) in [6.45, 7) is 4.17. The van der Waals surface area contributed by atoms with Crippen LogP contribution >= 0.6 is 35.5 Å². The molecule has 4 N–H and O–H groups in total. The van der Waals surface area contributed by atoms with Crippen LogP contribution in [0, 0.1) is 0 Å². The van der Waals surface area contributed by atoms with Crippen LogP contribution in [0.3, 0.4) is 0 Å². The van der Waals surface area contributed by atoms with Gasteiger partial charge in [-0.3, -0.25) is 9.59 Å². The van der Waals surface area contributed by atoms with Crippen LogP contribution in [0.1, 0.15) is 43.0 Å². The molecule has 9 heteroatoms. The number of H-pyrrole nitrogens is 1. The maximum absolute atomic E-state index is 12.5. The van der Waals surface area contributed by atoms with E-state index < -0.39 is 5.54 Å². The second-order valence-corrected chi connectivity index (χ2v) is 9.10. The molecule has 0 fully saturated rings. The minimum Gasteiger partial charge on any atom is -0.349 e. The third-order valence-corrected chi connectivity index (χ3v) is 6.46. The molecule has 0 bridgehead atoms. The van der Waals surface area contributed by atoms with Crippen molar-refractivity contribution in [2.24, 2.45) is 5.73 Å². The van der Waals surface area contributed by atoms with Crippen molar-refractivity contribution in [1.82, 2.24) is 15.3 Å². The average Bonchev–Trinajstić information content (AvgIpc) is 2.93. The number of hydrogen-bond acceptors (Lipinski definition) is 6. The highest BCUT2D eigenvalue weighted by atomic mass is 35.5. The van der Waals surface area contributed by atoms with E-state index in [4.69, 9.17) is 5.73 Å². The topological polar surface area (TPSA) is 101 Å². The van der Waals surface area contributed by atoms with Gasteiger partial charge in [0.1, 0.15) is 10.7 Å². The monoisotopic (exact) mass is 416 g/mol. The fourth-order valence-electron chi connectivity index (χ4n) is 2.98. The van der Waals surface area contributed by atoms with Crippen molar-refractivity contribution in [3.63, 3.8) is 0 Å². The summed E-state index contributed by atoms with van der Waals surface area (Å²) in [5.41, 5.74) is 6.36. The van der Waals surface area contributed by atoms with Gasteiger partial charge < -0.3 is 16.0 Å². The number of rotatable bonds is 6. The van der Waals surface area contributed by atoms with Crippen LogP contribution in [-0.4, -0.2) is 33.7 Å². The Kier molecular flexibility index (Phi) is 7.12. The number of aromatic amines is 1. The van der Waals surface area contributed by atoms with E-state index in [2.05, 4.69) is 15.3 Å². The number of fused-ring (bicyclic) bond motifs is 3. The van der Waals surface area contributed by atoms with Gasteiger partial charge in [0.05, 0.1) is 16.9 Å². The molecular formula is C17H25ClN4O2S2. The highest BCUT2D eigenvalue weighted by molar-refractivity contribution is 7.99. The fraction of sp³-hybridized carbons (Fsp3) is 0.588. The first kappa shape index (κ1) is 21.2. The molecule has 1 amide bonds. The molecule has 144 valence electrons. The zero-order chi connectivity index (χ0) is 18.0. The maximum atomic E-state index is 12.5. The normalized spacial score (nSPS) is 14.0. The van der Waals surface area contributed by atoms with Crippen LogP contribution in [0.5, 0.6) is 0 Å². The number of nitrogens with one attached hydrogen (secondary N) is 2. The van der Waals surface area contributed by atoms with E-state index in [1.54, 1.807) is 11.3 Å². The second kappa shape index (κ2) is 8.73. The number of aryl methyl sites for hydroxylation is 2. The van der Waals surface area contributed by atoms with Crippen LogP contribution in [0.2, 0.25) is 0 Å². The van der Waals surface area contributed by atoms with Crippen LogP contribution in [0.15, 0.2) is 4.79 Å². The molecule has 1 aliphatic carbocycles. The van der Waals surface area contributed by atoms with E-state index in [-0.39, 0.29) is 23.9 Å². The molecule has 2 aromatic heterocycles. The lowest BCUT2D eigenvalue weighted by Crippen LogP contribution is -2.49. The van der Waals surface area contributed by atoms with Gasteiger partial charge in [0.15, 0.2) is 0 Å². The Bertz CT molecular complexity index is 847. The maximum Gasteiger partial charge on any atom is 0.259 e. The summed E-state index contributed by atoms with van der Waals surface area (Å²) in [7, 11) is 0. The molecule has 26 heavy (non-hydrogen) atoms. The Morgan fingerprint density at radius 3 is 2.85 bits per heavy atom. The van der Waals surface area contributed by atoms with Gasteiger partial charge in [0, 0.05) is 17.0 Å². The van der Waals surface area contributed by atoms with Crippen molar-refractivity contribution in [2.75, 3.05) is 12.3 Å². The predicted molar refractivity (Wildman–Crippen MR) is 112 cm³/mol. The van der Waals surface area contributed by atoms with Gasteiger partial charge in [-0.05, 0) is 45.1 Å². The summed E-state index contributed by atoms with van der Waals surface area (Å²) in [6.07, 6.45) is 4.36. The van der Waals surface area contributed by atoms with E-state index in [1.807, 2.05) is 13.8 Å². The van der Waals surface area contributed by atoms with Gasteiger partial charge in [-0.1, -0.05) is 0 Å². The largest absolute Gasteiger partial charge is 0.349 e. The standard InChI is InChI=1S/C17H24N4O2S2.ClH/c1-17(2,9-18)21-13(22)8-24-7-12-19-15(23)14-10-5-3-4-6-11(10)25-16(14)20-12;/h3-9,18H2,1-2H3,(H,21,22)(H,19,20,23);1H. The number of nitrogens with zero attached hydrogens (tertiary/aromatic N) is 1. The van der Waals surface area contributed by atoms with E-state index in [0.717, 1.165) is 29.5 Å². The molecule has 0 radical (unpaired) electrons. The van der Waals surface area contributed by atoms with Gasteiger partial charge in [0.2, 0.25) is 5.91 Å². The summed E-state index contributed by atoms with van der Waals surface area (Å²) in [4.78, 5) is 34.1. The minimum atomic E-state index is -0.404. The van der Waals surface area contributed by atoms with Crippen molar-refractivity contribution in [2.45, 2.75) is 50.8 Å². The Morgan fingerprint density at radius 1 is 1.38 bits per heavy atom. The number of thioether (sulfide) groups is 1. The number of amides is 1. The number of thiophene rings is 1. The van der Waals surface area contributed by atoms with Crippen molar-refractivity contribution < 1.29 is 4.79 Å². The van der Waals surface area contributed by atoms with E-state index in [9.17, 15) is 9.59 Å². The zero-order valence-electron chi connectivity index (χ0n) is 15.0. The molecule has 0 spiro atoms. The van der Waals surface area contributed by atoms with Gasteiger partial charge in [-0.2, -0.15) is 0 Å². The van der Waals surface area contributed by atoms with Gasteiger partial charge >= 0.3 is 0 Å². The van der Waals surface area contributed by atoms with Gasteiger partial charge in [-0.15, -0.1) is 35.5 Å². The average molecular weight is 417 g/mol. The number of halogens is 1. The molecule has 1 aliphatic rings. The molecule has 0 aliphatic heterocycles.